The zero-order valence-electron chi connectivity index (χ0n) is 10.7. The Morgan fingerprint density at radius 2 is 2.10 bits per heavy atom. The molecular formula is C13H12ClFN2O4. The maximum Gasteiger partial charge on any atom is 0.326 e. The molecule has 1 aromatic rings. The number of halogens is 2. The minimum absolute atomic E-state index is 0.102. The number of nitrogens with two attached hydrogens (primary N) is 1. The normalized spacial score (nSPS) is 12.1. The van der Waals surface area contributed by atoms with Crippen molar-refractivity contribution >= 4 is 35.5 Å². The molecule has 0 aliphatic rings. The number of carboxylic acid groups (broad SMARTS) is 1. The highest BCUT2D eigenvalue weighted by molar-refractivity contribution is 6.30. The fourth-order valence-corrected chi connectivity index (χ4v) is 1.60. The molecule has 0 heterocycles. The third-order valence-electron chi connectivity index (χ3n) is 2.39. The van der Waals surface area contributed by atoms with Crippen molar-refractivity contribution in [1.82, 2.24) is 5.32 Å². The zero-order chi connectivity index (χ0) is 16.0. The van der Waals surface area contributed by atoms with Gasteiger partial charge in [-0.05, 0) is 23.8 Å². The van der Waals surface area contributed by atoms with Gasteiger partial charge in [0.05, 0.1) is 11.4 Å². The maximum absolute atomic E-state index is 12.9. The molecule has 112 valence electrons. The zero-order valence-corrected chi connectivity index (χ0v) is 11.4. The van der Waals surface area contributed by atoms with Crippen molar-refractivity contribution in [3.63, 3.8) is 0 Å². The lowest BCUT2D eigenvalue weighted by molar-refractivity contribution is -0.142. The van der Waals surface area contributed by atoms with E-state index in [1.165, 1.54) is 18.2 Å². The van der Waals surface area contributed by atoms with Gasteiger partial charge >= 0.3 is 5.97 Å². The molecule has 0 aromatic heterocycles. The number of carbonyl (C=O) groups is 3. The van der Waals surface area contributed by atoms with E-state index in [9.17, 15) is 18.8 Å². The number of primary amides is 1. The molecule has 4 N–H and O–H groups in total. The summed E-state index contributed by atoms with van der Waals surface area (Å²) in [6.07, 6.45) is 1.85. The van der Waals surface area contributed by atoms with Gasteiger partial charge < -0.3 is 16.2 Å². The Labute approximate surface area is 124 Å². The fourth-order valence-electron chi connectivity index (χ4n) is 1.41. The second-order valence-corrected chi connectivity index (χ2v) is 4.48. The van der Waals surface area contributed by atoms with Crippen LogP contribution < -0.4 is 11.1 Å². The van der Waals surface area contributed by atoms with Crippen LogP contribution in [0.15, 0.2) is 24.3 Å². The van der Waals surface area contributed by atoms with Gasteiger partial charge in [0.25, 0.3) is 0 Å². The van der Waals surface area contributed by atoms with Gasteiger partial charge in [-0.1, -0.05) is 17.7 Å². The molecule has 1 rings (SSSR count). The average molecular weight is 315 g/mol. The van der Waals surface area contributed by atoms with Crippen molar-refractivity contribution in [3.05, 3.63) is 40.7 Å². The monoisotopic (exact) mass is 314 g/mol. The highest BCUT2D eigenvalue weighted by Gasteiger charge is 2.20. The molecule has 0 spiro atoms. The van der Waals surface area contributed by atoms with Crippen LogP contribution in [0.4, 0.5) is 4.39 Å². The number of carbonyl (C=O) groups excluding carboxylic acids is 2. The van der Waals surface area contributed by atoms with Crippen molar-refractivity contribution in [3.8, 4) is 0 Å². The second-order valence-electron chi connectivity index (χ2n) is 4.08. The van der Waals surface area contributed by atoms with Crippen LogP contribution in [0.3, 0.4) is 0 Å². The van der Waals surface area contributed by atoms with Crippen molar-refractivity contribution in [1.29, 1.82) is 0 Å². The Morgan fingerprint density at radius 3 is 2.62 bits per heavy atom. The van der Waals surface area contributed by atoms with Crippen LogP contribution in [0.25, 0.3) is 6.08 Å². The molecule has 0 aliphatic carbocycles. The van der Waals surface area contributed by atoms with Gasteiger partial charge in [0, 0.05) is 6.08 Å². The number of benzene rings is 1. The number of rotatable bonds is 6. The molecular weight excluding hydrogens is 303 g/mol. The van der Waals surface area contributed by atoms with Gasteiger partial charge in [-0.15, -0.1) is 0 Å². The molecule has 1 atom stereocenters. The topological polar surface area (TPSA) is 109 Å². The predicted molar refractivity (Wildman–Crippen MR) is 73.8 cm³/mol. The Hall–Kier alpha value is -2.41. The first-order chi connectivity index (χ1) is 9.79. The van der Waals surface area contributed by atoms with E-state index in [4.69, 9.17) is 22.4 Å². The van der Waals surface area contributed by atoms with Gasteiger partial charge in [0.1, 0.15) is 11.9 Å². The Bertz CT molecular complexity index is 604. The molecule has 2 amide bonds. The lowest BCUT2D eigenvalue weighted by Gasteiger charge is -2.10. The fraction of sp³-hybridized carbons (Fsp3) is 0.154. The lowest BCUT2D eigenvalue weighted by Crippen LogP contribution is -2.42. The van der Waals surface area contributed by atoms with E-state index in [1.807, 2.05) is 0 Å². The molecule has 0 aliphatic heterocycles. The lowest BCUT2D eigenvalue weighted by atomic mass is 10.2. The minimum Gasteiger partial charge on any atom is -0.480 e. The smallest absolute Gasteiger partial charge is 0.326 e. The largest absolute Gasteiger partial charge is 0.480 e. The van der Waals surface area contributed by atoms with E-state index in [-0.39, 0.29) is 5.02 Å². The SMILES string of the molecule is NC(=O)C[C@H](NC(=O)C=Cc1ccc(F)c(Cl)c1)C(=O)O. The third-order valence-corrected chi connectivity index (χ3v) is 2.68. The molecule has 0 radical (unpaired) electrons. The number of hydrogen-bond acceptors (Lipinski definition) is 3. The highest BCUT2D eigenvalue weighted by Crippen LogP contribution is 2.16. The summed E-state index contributed by atoms with van der Waals surface area (Å²) in [4.78, 5) is 33.0. The molecule has 0 saturated carbocycles. The van der Waals surface area contributed by atoms with E-state index in [1.54, 1.807) is 0 Å². The summed E-state index contributed by atoms with van der Waals surface area (Å²) >= 11 is 5.57. The molecule has 8 heteroatoms. The van der Waals surface area contributed by atoms with E-state index in [0.717, 1.165) is 12.1 Å². The number of nitrogens with one attached hydrogen (secondary N) is 1. The first-order valence-electron chi connectivity index (χ1n) is 5.74. The molecule has 21 heavy (non-hydrogen) atoms. The molecule has 1 aromatic carbocycles. The molecule has 6 nitrogen and oxygen atoms in total. The summed E-state index contributed by atoms with van der Waals surface area (Å²) in [6, 6.07) is 2.42. The van der Waals surface area contributed by atoms with Crippen molar-refractivity contribution in [2.75, 3.05) is 0 Å². The van der Waals surface area contributed by atoms with Crippen LogP contribution in [0.5, 0.6) is 0 Å². The number of aliphatic carboxylic acids is 1. The average Bonchev–Trinajstić information content (AvgIpc) is 2.38. The van der Waals surface area contributed by atoms with Crippen molar-refractivity contribution < 1.29 is 23.9 Å². The van der Waals surface area contributed by atoms with Crippen LogP contribution in [-0.4, -0.2) is 28.9 Å². The maximum atomic E-state index is 12.9. The summed E-state index contributed by atoms with van der Waals surface area (Å²) < 4.78 is 12.9. The third kappa shape index (κ3) is 5.62. The van der Waals surface area contributed by atoms with Gasteiger partial charge in [-0.25, -0.2) is 9.18 Å². The van der Waals surface area contributed by atoms with Crippen LogP contribution in [0, 0.1) is 5.82 Å². The second kappa shape index (κ2) is 7.39. The summed E-state index contributed by atoms with van der Waals surface area (Å²) in [5.74, 6) is -3.55. The molecule has 0 fully saturated rings. The van der Waals surface area contributed by atoms with E-state index >= 15 is 0 Å². The van der Waals surface area contributed by atoms with Crippen molar-refractivity contribution in [2.45, 2.75) is 12.5 Å². The first kappa shape index (κ1) is 16.6. The summed E-state index contributed by atoms with van der Waals surface area (Å²) in [5.41, 5.74) is 5.34. The van der Waals surface area contributed by atoms with Gasteiger partial charge in [0.15, 0.2) is 0 Å². The summed E-state index contributed by atoms with van der Waals surface area (Å²) in [6.45, 7) is 0. The predicted octanol–water partition coefficient (Wildman–Crippen LogP) is 0.937. The van der Waals surface area contributed by atoms with Gasteiger partial charge in [-0.3, -0.25) is 9.59 Å². The van der Waals surface area contributed by atoms with Gasteiger partial charge in [-0.2, -0.15) is 0 Å². The minimum atomic E-state index is -1.41. The van der Waals surface area contributed by atoms with Crippen LogP contribution >= 0.6 is 11.6 Å². The van der Waals surface area contributed by atoms with E-state index in [2.05, 4.69) is 5.32 Å². The highest BCUT2D eigenvalue weighted by atomic mass is 35.5. The van der Waals surface area contributed by atoms with E-state index in [0.29, 0.717) is 5.56 Å². The summed E-state index contributed by atoms with van der Waals surface area (Å²) in [7, 11) is 0. The number of amides is 2. The number of carboxylic acids is 1. The summed E-state index contributed by atoms with van der Waals surface area (Å²) in [5, 5.41) is 10.8. The van der Waals surface area contributed by atoms with Crippen molar-refractivity contribution in [2.24, 2.45) is 5.73 Å². The van der Waals surface area contributed by atoms with Crippen LogP contribution in [-0.2, 0) is 14.4 Å². The van der Waals surface area contributed by atoms with Crippen LogP contribution in [0.1, 0.15) is 12.0 Å². The quantitative estimate of drug-likeness (QED) is 0.679. The number of hydrogen-bond donors (Lipinski definition) is 3. The Morgan fingerprint density at radius 1 is 1.43 bits per heavy atom. The molecule has 0 saturated heterocycles. The Balaban J connectivity index is 2.70. The standard InChI is InChI=1S/C13H12ClFN2O4/c14-8-5-7(1-3-9(8)15)2-4-12(19)17-10(13(20)21)6-11(16)18/h1-5,10H,6H2,(H2,16,18)(H,17,19)(H,20,21)/t10-/m0/s1. The molecule has 0 bridgehead atoms. The van der Waals surface area contributed by atoms with Gasteiger partial charge in [0.2, 0.25) is 11.8 Å². The van der Waals surface area contributed by atoms with E-state index < -0.39 is 36.1 Å². The first-order valence-corrected chi connectivity index (χ1v) is 6.12. The molecule has 0 unspecified atom stereocenters. The van der Waals surface area contributed by atoms with Crippen LogP contribution in [0.2, 0.25) is 5.02 Å². The Kier molecular flexibility index (Phi) is 5.86.